The molecule has 0 aliphatic carbocycles. The van der Waals surface area contributed by atoms with Crippen LogP contribution in [0.3, 0.4) is 0 Å². The highest BCUT2D eigenvalue weighted by Crippen LogP contribution is 2.23. The first-order valence-corrected chi connectivity index (χ1v) is 4.76. The predicted molar refractivity (Wildman–Crippen MR) is 57.3 cm³/mol. The number of carbonyl (C=O) groups is 1. The lowest BCUT2D eigenvalue weighted by molar-refractivity contribution is 0.0959. The molecule has 0 bridgehead atoms. The molecule has 1 aromatic carbocycles. The minimum atomic E-state index is -0.332. The van der Waals surface area contributed by atoms with Crippen molar-refractivity contribution in [1.29, 1.82) is 0 Å². The van der Waals surface area contributed by atoms with E-state index in [1.54, 1.807) is 6.07 Å². The molecule has 2 N–H and O–H groups in total. The average molecular weight is 209 g/mol. The molecule has 1 rings (SSSR count). The molecule has 4 nitrogen and oxygen atoms in total. The smallest absolute Gasteiger partial charge is 0.254 e. The maximum atomic E-state index is 11.3. The monoisotopic (exact) mass is 209 g/mol. The highest BCUT2D eigenvalue weighted by atomic mass is 16.5. The molecule has 0 heterocycles. The van der Waals surface area contributed by atoms with Crippen molar-refractivity contribution in [3.8, 4) is 11.5 Å². The summed E-state index contributed by atoms with van der Waals surface area (Å²) in [5.41, 5.74) is 0.218. The van der Waals surface area contributed by atoms with Crippen molar-refractivity contribution in [2.45, 2.75) is 20.0 Å². The van der Waals surface area contributed by atoms with Gasteiger partial charge in [-0.25, -0.2) is 0 Å². The van der Waals surface area contributed by atoms with Crippen molar-refractivity contribution in [3.05, 3.63) is 23.8 Å². The van der Waals surface area contributed by atoms with Gasteiger partial charge >= 0.3 is 0 Å². The number of benzene rings is 1. The fraction of sp³-hybridized carbons (Fsp3) is 0.364. The van der Waals surface area contributed by atoms with Gasteiger partial charge in [-0.15, -0.1) is 0 Å². The zero-order valence-electron chi connectivity index (χ0n) is 9.07. The van der Waals surface area contributed by atoms with E-state index in [0.717, 1.165) is 0 Å². The minimum Gasteiger partial charge on any atom is -0.507 e. The van der Waals surface area contributed by atoms with Crippen LogP contribution >= 0.6 is 0 Å². The number of aromatic hydroxyl groups is 1. The number of phenolic OH excluding ortho intramolecular Hbond substituents is 1. The summed E-state index contributed by atoms with van der Waals surface area (Å²) in [6, 6.07) is 4.60. The molecule has 1 amide bonds. The molecular weight excluding hydrogens is 194 g/mol. The number of ether oxygens (including phenoxy) is 1. The van der Waals surface area contributed by atoms with Crippen LogP contribution in [0.2, 0.25) is 0 Å². The van der Waals surface area contributed by atoms with Crippen molar-refractivity contribution in [1.82, 2.24) is 5.32 Å². The molecule has 1 aromatic rings. The third-order valence-electron chi connectivity index (χ3n) is 1.81. The fourth-order valence-corrected chi connectivity index (χ4v) is 1.18. The van der Waals surface area contributed by atoms with E-state index in [0.29, 0.717) is 5.75 Å². The molecular formula is C11H15NO3. The van der Waals surface area contributed by atoms with Gasteiger partial charge in [0.25, 0.3) is 5.91 Å². The lowest BCUT2D eigenvalue weighted by Crippen LogP contribution is -2.18. The van der Waals surface area contributed by atoms with Crippen molar-refractivity contribution in [2.75, 3.05) is 7.05 Å². The lowest BCUT2D eigenvalue weighted by atomic mass is 10.2. The minimum absolute atomic E-state index is 0.0343. The normalized spacial score (nSPS) is 10.1. The van der Waals surface area contributed by atoms with Crippen LogP contribution in [0.25, 0.3) is 0 Å². The van der Waals surface area contributed by atoms with E-state index in [1.807, 2.05) is 13.8 Å². The Hall–Kier alpha value is -1.71. The molecule has 15 heavy (non-hydrogen) atoms. The molecule has 0 fully saturated rings. The highest BCUT2D eigenvalue weighted by Gasteiger charge is 2.11. The summed E-state index contributed by atoms with van der Waals surface area (Å²) in [4.78, 5) is 11.3. The summed E-state index contributed by atoms with van der Waals surface area (Å²) in [6.07, 6.45) is 0.0343. The molecule has 0 unspecified atom stereocenters. The van der Waals surface area contributed by atoms with Gasteiger partial charge in [0.05, 0.1) is 11.7 Å². The number of phenols is 1. The molecule has 0 atom stereocenters. The zero-order chi connectivity index (χ0) is 11.4. The van der Waals surface area contributed by atoms with Gasteiger partial charge in [0, 0.05) is 7.05 Å². The van der Waals surface area contributed by atoms with E-state index in [4.69, 9.17) is 4.74 Å². The molecule has 0 saturated carbocycles. The zero-order valence-corrected chi connectivity index (χ0v) is 9.07. The van der Waals surface area contributed by atoms with E-state index >= 15 is 0 Å². The van der Waals surface area contributed by atoms with E-state index in [2.05, 4.69) is 5.32 Å². The van der Waals surface area contributed by atoms with Gasteiger partial charge in [-0.3, -0.25) is 4.79 Å². The van der Waals surface area contributed by atoms with E-state index in [1.165, 1.54) is 19.2 Å². The second kappa shape index (κ2) is 4.68. The van der Waals surface area contributed by atoms with Gasteiger partial charge in [0.2, 0.25) is 0 Å². The summed E-state index contributed by atoms with van der Waals surface area (Å²) in [6.45, 7) is 3.79. The highest BCUT2D eigenvalue weighted by molar-refractivity contribution is 5.97. The lowest BCUT2D eigenvalue weighted by Gasteiger charge is -2.11. The van der Waals surface area contributed by atoms with Gasteiger partial charge < -0.3 is 15.2 Å². The molecule has 0 radical (unpaired) electrons. The number of hydrogen-bond acceptors (Lipinski definition) is 3. The summed E-state index contributed by atoms with van der Waals surface area (Å²) < 4.78 is 5.41. The maximum absolute atomic E-state index is 11.3. The Labute approximate surface area is 88.9 Å². The molecule has 0 aliphatic rings. The second-order valence-electron chi connectivity index (χ2n) is 3.42. The summed E-state index contributed by atoms with van der Waals surface area (Å²) in [5, 5.41) is 11.9. The molecule has 82 valence electrons. The van der Waals surface area contributed by atoms with Crippen molar-refractivity contribution in [2.24, 2.45) is 0 Å². The summed E-state index contributed by atoms with van der Waals surface area (Å²) in [7, 11) is 1.51. The van der Waals surface area contributed by atoms with Crippen molar-refractivity contribution >= 4 is 5.91 Å². The van der Waals surface area contributed by atoms with Crippen LogP contribution in [0.1, 0.15) is 24.2 Å². The van der Waals surface area contributed by atoms with Gasteiger partial charge in [0.1, 0.15) is 11.5 Å². The fourth-order valence-electron chi connectivity index (χ4n) is 1.18. The van der Waals surface area contributed by atoms with Crippen LogP contribution in [0.4, 0.5) is 0 Å². The largest absolute Gasteiger partial charge is 0.507 e. The van der Waals surface area contributed by atoms with Crippen LogP contribution in [-0.2, 0) is 0 Å². The van der Waals surface area contributed by atoms with E-state index < -0.39 is 0 Å². The number of nitrogens with one attached hydrogen (secondary N) is 1. The number of carbonyl (C=O) groups excluding carboxylic acids is 1. The first kappa shape index (κ1) is 11.4. The summed E-state index contributed by atoms with van der Waals surface area (Å²) in [5.74, 6) is 0.188. The Balaban J connectivity index is 3.00. The number of hydrogen-bond donors (Lipinski definition) is 2. The van der Waals surface area contributed by atoms with Gasteiger partial charge in [-0.1, -0.05) is 0 Å². The molecule has 0 aromatic heterocycles. The van der Waals surface area contributed by atoms with Crippen molar-refractivity contribution in [3.63, 3.8) is 0 Å². The van der Waals surface area contributed by atoms with Crippen LogP contribution in [-0.4, -0.2) is 24.2 Å². The maximum Gasteiger partial charge on any atom is 0.254 e. The molecule has 0 saturated heterocycles. The Bertz CT molecular complexity index is 361. The Morgan fingerprint density at radius 2 is 2.13 bits per heavy atom. The first-order chi connectivity index (χ1) is 7.04. The topological polar surface area (TPSA) is 58.6 Å². The van der Waals surface area contributed by atoms with Crippen LogP contribution in [0.5, 0.6) is 11.5 Å². The SMILES string of the molecule is CNC(=O)c1cc(OC(C)C)ccc1O. The molecule has 0 aliphatic heterocycles. The number of rotatable bonds is 3. The Kier molecular flexibility index (Phi) is 3.55. The van der Waals surface area contributed by atoms with E-state index in [-0.39, 0.29) is 23.3 Å². The Morgan fingerprint density at radius 1 is 1.47 bits per heavy atom. The Morgan fingerprint density at radius 3 is 2.67 bits per heavy atom. The molecule has 0 spiro atoms. The first-order valence-electron chi connectivity index (χ1n) is 4.76. The van der Waals surface area contributed by atoms with Crippen LogP contribution in [0.15, 0.2) is 18.2 Å². The summed E-state index contributed by atoms with van der Waals surface area (Å²) >= 11 is 0. The van der Waals surface area contributed by atoms with Gasteiger partial charge in [-0.05, 0) is 32.0 Å². The van der Waals surface area contributed by atoms with Crippen LogP contribution < -0.4 is 10.1 Å². The van der Waals surface area contributed by atoms with Crippen molar-refractivity contribution < 1.29 is 14.6 Å². The second-order valence-corrected chi connectivity index (χ2v) is 3.42. The third-order valence-corrected chi connectivity index (χ3v) is 1.81. The quantitative estimate of drug-likeness (QED) is 0.793. The van der Waals surface area contributed by atoms with E-state index in [9.17, 15) is 9.90 Å². The number of amides is 1. The molecule has 4 heteroatoms. The van der Waals surface area contributed by atoms with Gasteiger partial charge in [-0.2, -0.15) is 0 Å². The standard InChI is InChI=1S/C11H15NO3/c1-7(2)15-8-4-5-10(13)9(6-8)11(14)12-3/h4-7,13H,1-3H3,(H,12,14). The predicted octanol–water partition coefficient (Wildman–Crippen LogP) is 1.54. The van der Waals surface area contributed by atoms with Crippen LogP contribution in [0, 0.1) is 0 Å². The van der Waals surface area contributed by atoms with Gasteiger partial charge in [0.15, 0.2) is 0 Å². The average Bonchev–Trinajstić information content (AvgIpc) is 2.19. The third kappa shape index (κ3) is 2.87.